The Hall–Kier alpha value is -12.3. The van der Waals surface area contributed by atoms with E-state index in [-0.39, 0.29) is 71.5 Å². The van der Waals surface area contributed by atoms with Crippen LogP contribution < -0.4 is 26.0 Å². The van der Waals surface area contributed by atoms with Gasteiger partial charge in [-0.25, -0.2) is 39.9 Å². The molecule has 117 heavy (non-hydrogen) atoms. The Morgan fingerprint density at radius 1 is 0.436 bits per heavy atom. The summed E-state index contributed by atoms with van der Waals surface area (Å²) < 4.78 is 29.1. The molecule has 14 aromatic rings. The third kappa shape index (κ3) is 17.9. The smallest absolute Gasteiger partial charge is 0.201 e. The number of carbonyl (C=O) groups excluding carboxylic acids is 4. The Balaban J connectivity index is 0.000000122. The predicted molar refractivity (Wildman–Crippen MR) is 446 cm³/mol. The Morgan fingerprint density at radius 2 is 0.803 bits per heavy atom. The van der Waals surface area contributed by atoms with Crippen molar-refractivity contribution in [2.24, 2.45) is 0 Å². The standard InChI is InChI=1S/C24H30N4O2.C23H22N4O2.C23H24N4O2.C22H21N5O2/c1-4-5-6-13-30-19-9-7-18(8-10-19)20-11-12-21(27-20)23(29)22-24-26-16(2)14-17(3)28(24)15-25-22;1-14-12-15(2)27-13-24-21(23(27)25-14)22(28)19-10-9-18(26-19)16-5-7-17(8-6-16)20-4-3-11-29-20;1-15-13-16(2)27-14-24-21(23(27)25-15)22(28)20-11-10-19(26-20)18-8-6-17(7-9-18)5-4-12-29-3;1-13-10-14(2)27-12-24-20(22(27)25-13)21(28)18-8-7-17(26-18)16-6-5-15(11-23-16)19-4-3-9-29-19/h7-10,14-15,20-21,27H,4-6,11-13H2,1-3H3;3-8,11-13,18-19,26H,9-10H2,1-2H3;6-9,13-14,19-20,26H,10-12H2,1-3H3;3-6,9-12,17-18,26H,7-8H2,1-2H3. The number of rotatable bonds is 20. The number of aromatic nitrogens is 13. The Morgan fingerprint density at radius 3 is 1.17 bits per heavy atom. The topological polar surface area (TPSA) is 295 Å². The molecular formula is C92H97N17O8. The molecule has 4 aliphatic heterocycles. The highest BCUT2D eigenvalue weighted by atomic mass is 16.5. The normalized spacial score (nSPS) is 18.9. The van der Waals surface area contributed by atoms with E-state index < -0.39 is 0 Å². The highest BCUT2D eigenvalue weighted by Gasteiger charge is 2.38. The highest BCUT2D eigenvalue weighted by molar-refractivity contribution is 6.05. The molecule has 8 atom stereocenters. The number of pyridine rings is 1. The van der Waals surface area contributed by atoms with Gasteiger partial charge in [-0.2, -0.15) is 0 Å². The lowest BCUT2D eigenvalue weighted by molar-refractivity contribution is 0.0939. The summed E-state index contributed by atoms with van der Waals surface area (Å²) in [6, 6.07) is 43.7. The van der Waals surface area contributed by atoms with E-state index in [1.54, 1.807) is 44.9 Å². The number of benzene rings is 3. The fourth-order valence-electron chi connectivity index (χ4n) is 16.2. The van der Waals surface area contributed by atoms with Crippen LogP contribution >= 0.6 is 0 Å². The summed E-state index contributed by atoms with van der Waals surface area (Å²) in [5, 5.41) is 13.9. The van der Waals surface area contributed by atoms with Gasteiger partial charge in [0.25, 0.3) is 0 Å². The average Bonchev–Trinajstić information content (AvgIpc) is 1.65. The molecule has 8 unspecified atom stereocenters. The quantitative estimate of drug-likeness (QED) is 0.0313. The number of carbonyl (C=O) groups is 4. The third-order valence-corrected chi connectivity index (χ3v) is 22.2. The number of unbranched alkanes of at least 4 members (excludes halogenated alkanes) is 2. The molecule has 0 aliphatic carbocycles. The largest absolute Gasteiger partial charge is 0.494 e. The maximum atomic E-state index is 13.1. The Bertz CT molecular complexity index is 5750. The number of nitrogens with zero attached hydrogens (tertiary/aromatic N) is 13. The second-order valence-electron chi connectivity index (χ2n) is 30.7. The first-order valence-electron chi connectivity index (χ1n) is 40.2. The molecule has 18 rings (SSSR count). The molecule has 4 fully saturated rings. The molecule has 4 aliphatic rings. The fraction of sp³-hybridized carbons (Fsp3) is 0.337. The van der Waals surface area contributed by atoms with E-state index in [0.29, 0.717) is 52.0 Å². The lowest BCUT2D eigenvalue weighted by Crippen LogP contribution is -2.33. The van der Waals surface area contributed by atoms with Gasteiger partial charge in [-0.3, -0.25) is 47.1 Å². The number of ketones is 4. The minimum atomic E-state index is -0.284. The molecule has 25 nitrogen and oxygen atoms in total. The van der Waals surface area contributed by atoms with Gasteiger partial charge in [-0.1, -0.05) is 80.1 Å². The zero-order valence-corrected chi connectivity index (χ0v) is 67.6. The number of furan rings is 2. The summed E-state index contributed by atoms with van der Waals surface area (Å²) in [4.78, 5) is 92.8. The van der Waals surface area contributed by atoms with E-state index >= 15 is 0 Å². The molecule has 0 spiro atoms. The number of nitrogens with one attached hydrogen (secondary N) is 4. The lowest BCUT2D eigenvalue weighted by Gasteiger charge is -2.14. The average molecular weight is 1570 g/mol. The number of hydrogen-bond donors (Lipinski definition) is 4. The SMILES string of the molecule is CCCCCOc1ccc(C2CCC(C(=O)c3ncn4c(C)cc(C)nc34)N2)cc1.COCC#Cc1ccc(C2CCC(C(=O)c3ncn4c(C)cc(C)nc34)N2)cc1.Cc1cc(C)n2cnc(C(=O)C3CCC(c4ccc(-c5ccco5)cc4)N3)c2n1.Cc1cc(C)n2cnc(C(=O)C3CCC(c4ccc(-c5ccco5)cn4)N3)c2n1. The van der Waals surface area contributed by atoms with Crippen molar-refractivity contribution >= 4 is 45.7 Å². The molecule has 0 radical (unpaired) electrons. The van der Waals surface area contributed by atoms with E-state index in [2.05, 4.69) is 133 Å². The van der Waals surface area contributed by atoms with Gasteiger partial charge >= 0.3 is 0 Å². The molecule has 4 saturated heterocycles. The van der Waals surface area contributed by atoms with E-state index in [1.807, 2.05) is 164 Å². The van der Waals surface area contributed by atoms with Crippen molar-refractivity contribution < 1.29 is 37.5 Å². The van der Waals surface area contributed by atoms with Crippen LogP contribution in [0.2, 0.25) is 0 Å². The van der Waals surface area contributed by atoms with Gasteiger partial charge < -0.3 is 34.3 Å². The van der Waals surface area contributed by atoms with Crippen molar-refractivity contribution in [2.75, 3.05) is 20.3 Å². The molecular weight excluding hydrogens is 1470 g/mol. The summed E-state index contributed by atoms with van der Waals surface area (Å²) in [6.45, 7) is 19.1. The zero-order chi connectivity index (χ0) is 81.4. The van der Waals surface area contributed by atoms with Crippen molar-refractivity contribution in [3.63, 3.8) is 0 Å². The minimum Gasteiger partial charge on any atom is -0.494 e. The molecule has 15 heterocycles. The number of methoxy groups -OCH3 is 1. The molecule has 0 amide bonds. The number of ether oxygens (including phenoxy) is 2. The van der Waals surface area contributed by atoms with Crippen LogP contribution in [0.3, 0.4) is 0 Å². The van der Waals surface area contributed by atoms with Gasteiger partial charge in [0.05, 0.1) is 55.0 Å². The number of hydrogen-bond acceptors (Lipinski definition) is 21. The first-order valence-corrected chi connectivity index (χ1v) is 40.2. The van der Waals surface area contributed by atoms with Crippen molar-refractivity contribution in [2.45, 2.75) is 181 Å². The lowest BCUT2D eigenvalue weighted by atomic mass is 10.0. The van der Waals surface area contributed by atoms with Gasteiger partial charge in [-0.05, 0) is 215 Å². The second kappa shape index (κ2) is 35.8. The van der Waals surface area contributed by atoms with Crippen LogP contribution in [0, 0.1) is 67.2 Å². The van der Waals surface area contributed by atoms with Gasteiger partial charge in [0.1, 0.15) is 49.2 Å². The maximum absolute atomic E-state index is 13.1. The summed E-state index contributed by atoms with van der Waals surface area (Å²) in [5.41, 5.74) is 19.3. The van der Waals surface area contributed by atoms with Gasteiger partial charge in [0.15, 0.2) is 45.4 Å². The van der Waals surface area contributed by atoms with Crippen LogP contribution in [0.1, 0.15) is 217 Å². The second-order valence-corrected chi connectivity index (χ2v) is 30.7. The van der Waals surface area contributed by atoms with Crippen LogP contribution in [0.5, 0.6) is 5.75 Å². The van der Waals surface area contributed by atoms with E-state index in [4.69, 9.17) is 18.3 Å². The number of fused-ring (bicyclic) bond motifs is 4. The first-order chi connectivity index (χ1) is 56.8. The van der Waals surface area contributed by atoms with Gasteiger partial charge in [0.2, 0.25) is 23.1 Å². The van der Waals surface area contributed by atoms with E-state index in [0.717, 1.165) is 155 Å². The molecule has 25 heteroatoms. The van der Waals surface area contributed by atoms with Crippen LogP contribution in [-0.4, -0.2) is 130 Å². The van der Waals surface area contributed by atoms with E-state index in [1.165, 1.54) is 24.0 Å². The molecule has 11 aromatic heterocycles. The number of imidazole rings is 4. The van der Waals surface area contributed by atoms with Crippen molar-refractivity contribution in [3.8, 4) is 40.2 Å². The molecule has 598 valence electrons. The van der Waals surface area contributed by atoms with Crippen molar-refractivity contribution in [1.82, 2.24) is 83.7 Å². The highest BCUT2D eigenvalue weighted by Crippen LogP contribution is 2.35. The summed E-state index contributed by atoms with van der Waals surface area (Å²) in [7, 11) is 1.63. The Kier molecular flexibility index (Phi) is 24.5. The number of Topliss-reactive ketones (excluding diaryl/α,β-unsaturated/α-hetero) is 4. The molecule has 0 bridgehead atoms. The summed E-state index contributed by atoms with van der Waals surface area (Å²) >= 11 is 0. The number of aryl methyl sites for hydroxylation is 8. The monoisotopic (exact) mass is 1570 g/mol. The van der Waals surface area contributed by atoms with Crippen LogP contribution in [0.15, 0.2) is 186 Å². The molecule has 0 saturated carbocycles. The van der Waals surface area contributed by atoms with Crippen LogP contribution in [0.4, 0.5) is 0 Å². The molecule has 4 N–H and O–H groups in total. The zero-order valence-electron chi connectivity index (χ0n) is 67.6. The minimum absolute atomic E-state index is 0.00884. The van der Waals surface area contributed by atoms with Gasteiger partial charge in [0, 0.05) is 93.7 Å². The summed E-state index contributed by atoms with van der Waals surface area (Å²) in [6.07, 6.45) is 22.0. The van der Waals surface area contributed by atoms with Crippen LogP contribution in [-0.2, 0) is 4.74 Å². The third-order valence-electron chi connectivity index (χ3n) is 22.2. The van der Waals surface area contributed by atoms with Crippen molar-refractivity contribution in [1.29, 1.82) is 0 Å². The Labute approximate surface area is 679 Å². The van der Waals surface area contributed by atoms with E-state index in [9.17, 15) is 19.2 Å². The van der Waals surface area contributed by atoms with Crippen molar-refractivity contribution in [3.05, 3.63) is 274 Å². The fourth-order valence-corrected chi connectivity index (χ4v) is 16.2. The van der Waals surface area contributed by atoms with Gasteiger partial charge in [-0.15, -0.1) is 0 Å². The molecule has 3 aromatic carbocycles. The van der Waals surface area contributed by atoms with Crippen LogP contribution in [0.25, 0.3) is 45.2 Å². The predicted octanol–water partition coefficient (Wildman–Crippen LogP) is 15.6. The summed E-state index contributed by atoms with van der Waals surface area (Å²) in [5.74, 6) is 8.60. The maximum Gasteiger partial charge on any atom is 0.201 e. The first kappa shape index (κ1) is 79.9.